The average molecular weight is 116 g/mol. The Morgan fingerprint density at radius 2 is 2.00 bits per heavy atom. The Balaban J connectivity index is 3.68. The van der Waals surface area contributed by atoms with Crippen molar-refractivity contribution >= 4 is 17.2 Å². The van der Waals surface area contributed by atoms with Gasteiger partial charge in [0, 0.05) is 5.70 Å². The van der Waals surface area contributed by atoms with Gasteiger partial charge in [0.05, 0.1) is 4.99 Å². The monoisotopic (exact) mass is 116 g/mol. The molecule has 0 unspecified atom stereocenters. The summed E-state index contributed by atoms with van der Waals surface area (Å²) >= 11 is 4.49. The highest BCUT2D eigenvalue weighted by atomic mass is 32.1. The van der Waals surface area contributed by atoms with E-state index in [1.54, 1.807) is 6.92 Å². The van der Waals surface area contributed by atoms with Gasteiger partial charge in [-0.3, -0.25) is 0 Å². The Morgan fingerprint density at radius 1 is 1.57 bits per heavy atom. The molecule has 0 heterocycles. The number of rotatable bonds is 1. The molecule has 0 aliphatic rings. The summed E-state index contributed by atoms with van der Waals surface area (Å²) < 4.78 is 0. The molecule has 0 aromatic carbocycles. The van der Waals surface area contributed by atoms with Crippen molar-refractivity contribution in [3.8, 4) is 0 Å². The van der Waals surface area contributed by atoms with Crippen LogP contribution in [0.25, 0.3) is 0 Å². The van der Waals surface area contributed by atoms with Gasteiger partial charge in [-0.25, -0.2) is 0 Å². The molecule has 0 bridgehead atoms. The second-order valence-electron chi connectivity index (χ2n) is 1.29. The molecule has 0 rings (SSSR count). The van der Waals surface area contributed by atoms with E-state index in [2.05, 4.69) is 12.2 Å². The molecule has 2 nitrogen and oxygen atoms in total. The van der Waals surface area contributed by atoms with E-state index in [0.29, 0.717) is 10.7 Å². The van der Waals surface area contributed by atoms with Gasteiger partial charge in [0.1, 0.15) is 0 Å². The molecule has 0 aromatic heterocycles. The van der Waals surface area contributed by atoms with E-state index < -0.39 is 0 Å². The molecule has 0 radical (unpaired) electrons. The van der Waals surface area contributed by atoms with Gasteiger partial charge >= 0.3 is 0 Å². The van der Waals surface area contributed by atoms with Crippen molar-refractivity contribution in [3.05, 3.63) is 11.8 Å². The second-order valence-corrected chi connectivity index (χ2v) is 1.76. The molecule has 0 atom stereocenters. The van der Waals surface area contributed by atoms with Crippen molar-refractivity contribution in [2.75, 3.05) is 0 Å². The Labute approximate surface area is 48.2 Å². The van der Waals surface area contributed by atoms with E-state index in [1.165, 1.54) is 6.08 Å². The summed E-state index contributed by atoms with van der Waals surface area (Å²) in [5.41, 5.74) is 10.9. The lowest BCUT2D eigenvalue weighted by molar-refractivity contribution is 1.32. The maximum absolute atomic E-state index is 5.19. The molecule has 3 heteroatoms. The highest BCUT2D eigenvalue weighted by Crippen LogP contribution is 1.76. The average Bonchev–Trinajstić information content (AvgIpc) is 1.27. The van der Waals surface area contributed by atoms with Gasteiger partial charge in [0.25, 0.3) is 0 Å². The van der Waals surface area contributed by atoms with Crippen LogP contribution in [0.2, 0.25) is 0 Å². The third kappa shape index (κ3) is 5.43. The molecule has 0 aliphatic carbocycles. The van der Waals surface area contributed by atoms with Crippen LogP contribution in [-0.2, 0) is 0 Å². The lowest BCUT2D eigenvalue weighted by Gasteiger charge is -1.85. The number of hydrogen-bond donors (Lipinski definition) is 2. The molecule has 0 fully saturated rings. The Bertz CT molecular complexity index is 102. The van der Waals surface area contributed by atoms with Crippen LogP contribution in [0.15, 0.2) is 11.8 Å². The topological polar surface area (TPSA) is 52.0 Å². The SMILES string of the molecule is CC(N)=CC(N)=S. The summed E-state index contributed by atoms with van der Waals surface area (Å²) in [6, 6.07) is 0. The van der Waals surface area contributed by atoms with Crippen molar-refractivity contribution in [2.45, 2.75) is 6.92 Å². The largest absolute Gasteiger partial charge is 0.402 e. The van der Waals surface area contributed by atoms with Gasteiger partial charge < -0.3 is 11.5 Å². The molecule has 0 saturated heterocycles. The lowest BCUT2D eigenvalue weighted by atomic mass is 10.4. The van der Waals surface area contributed by atoms with E-state index in [-0.39, 0.29) is 0 Å². The van der Waals surface area contributed by atoms with Gasteiger partial charge in [-0.15, -0.1) is 0 Å². The first-order valence-electron chi connectivity index (χ1n) is 1.86. The molecule has 0 spiro atoms. The summed E-state index contributed by atoms with van der Waals surface area (Å²) in [7, 11) is 0. The van der Waals surface area contributed by atoms with Crippen LogP contribution in [0.3, 0.4) is 0 Å². The van der Waals surface area contributed by atoms with Gasteiger partial charge in [0.15, 0.2) is 0 Å². The molecule has 7 heavy (non-hydrogen) atoms. The summed E-state index contributed by atoms with van der Waals surface area (Å²) in [5, 5.41) is 0. The Hall–Kier alpha value is -0.570. The van der Waals surface area contributed by atoms with Gasteiger partial charge in [-0.05, 0) is 13.0 Å². The Morgan fingerprint density at radius 3 is 2.00 bits per heavy atom. The smallest absolute Gasteiger partial charge is 0.0979 e. The number of hydrogen-bond acceptors (Lipinski definition) is 2. The van der Waals surface area contributed by atoms with Gasteiger partial charge in [-0.1, -0.05) is 12.2 Å². The van der Waals surface area contributed by atoms with E-state index in [1.807, 2.05) is 0 Å². The van der Waals surface area contributed by atoms with Crippen molar-refractivity contribution in [2.24, 2.45) is 11.5 Å². The zero-order chi connectivity index (χ0) is 5.86. The number of nitrogens with two attached hydrogens (primary N) is 2. The predicted molar refractivity (Wildman–Crippen MR) is 34.7 cm³/mol. The summed E-state index contributed by atoms with van der Waals surface area (Å²) in [6.07, 6.45) is 1.54. The molecule has 0 amide bonds. The normalized spacial score (nSPS) is 11.3. The highest BCUT2D eigenvalue weighted by Gasteiger charge is 1.76. The number of allylic oxidation sites excluding steroid dienone is 1. The third-order valence-electron chi connectivity index (χ3n) is 0.370. The molecule has 0 saturated carbocycles. The van der Waals surface area contributed by atoms with Crippen molar-refractivity contribution in [3.63, 3.8) is 0 Å². The standard InChI is InChI=1S/C4H8N2S/c1-3(5)2-4(6)7/h2H,5H2,1H3,(H2,6,7). The third-order valence-corrected chi connectivity index (χ3v) is 0.488. The van der Waals surface area contributed by atoms with E-state index in [4.69, 9.17) is 11.5 Å². The van der Waals surface area contributed by atoms with Crippen LogP contribution in [0, 0.1) is 0 Å². The second kappa shape index (κ2) is 2.58. The highest BCUT2D eigenvalue weighted by molar-refractivity contribution is 7.80. The fourth-order valence-corrected chi connectivity index (χ4v) is 0.410. The zero-order valence-corrected chi connectivity index (χ0v) is 4.96. The Kier molecular flexibility index (Phi) is 2.37. The van der Waals surface area contributed by atoms with E-state index in [0.717, 1.165) is 0 Å². The molecule has 0 aliphatic heterocycles. The maximum Gasteiger partial charge on any atom is 0.0979 e. The first-order chi connectivity index (χ1) is 3.13. The lowest BCUT2D eigenvalue weighted by Crippen LogP contribution is -2.06. The summed E-state index contributed by atoms with van der Waals surface area (Å²) in [6.45, 7) is 1.74. The minimum atomic E-state index is 0.333. The molecular formula is C4H8N2S. The summed E-state index contributed by atoms with van der Waals surface area (Å²) in [4.78, 5) is 0.333. The van der Waals surface area contributed by atoms with E-state index >= 15 is 0 Å². The first kappa shape index (κ1) is 6.43. The first-order valence-corrected chi connectivity index (χ1v) is 2.27. The van der Waals surface area contributed by atoms with Gasteiger partial charge in [0.2, 0.25) is 0 Å². The van der Waals surface area contributed by atoms with Crippen molar-refractivity contribution in [1.82, 2.24) is 0 Å². The minimum Gasteiger partial charge on any atom is -0.402 e. The van der Waals surface area contributed by atoms with Crippen LogP contribution < -0.4 is 11.5 Å². The van der Waals surface area contributed by atoms with Crippen LogP contribution in [0.4, 0.5) is 0 Å². The van der Waals surface area contributed by atoms with Gasteiger partial charge in [-0.2, -0.15) is 0 Å². The van der Waals surface area contributed by atoms with Crippen LogP contribution >= 0.6 is 12.2 Å². The molecule has 0 aromatic rings. The fraction of sp³-hybridized carbons (Fsp3) is 0.250. The number of thiocarbonyl (C=S) groups is 1. The van der Waals surface area contributed by atoms with Crippen LogP contribution in [-0.4, -0.2) is 4.99 Å². The van der Waals surface area contributed by atoms with Crippen molar-refractivity contribution in [1.29, 1.82) is 0 Å². The molecular weight excluding hydrogens is 108 g/mol. The van der Waals surface area contributed by atoms with Crippen molar-refractivity contribution < 1.29 is 0 Å². The fourth-order valence-electron chi connectivity index (χ4n) is 0.224. The minimum absolute atomic E-state index is 0.333. The summed E-state index contributed by atoms with van der Waals surface area (Å²) in [5.74, 6) is 0. The molecule has 4 N–H and O–H groups in total. The predicted octanol–water partition coefficient (Wildman–Crippen LogP) is 0.135. The van der Waals surface area contributed by atoms with E-state index in [9.17, 15) is 0 Å². The maximum atomic E-state index is 5.19. The molecule has 40 valence electrons. The quantitative estimate of drug-likeness (QED) is 0.378. The zero-order valence-electron chi connectivity index (χ0n) is 4.14. The van der Waals surface area contributed by atoms with Crippen LogP contribution in [0.1, 0.15) is 6.92 Å². The van der Waals surface area contributed by atoms with Crippen LogP contribution in [0.5, 0.6) is 0 Å².